The summed E-state index contributed by atoms with van der Waals surface area (Å²) < 4.78 is 0. The van der Waals surface area contributed by atoms with Crippen molar-refractivity contribution in [2.24, 2.45) is 0 Å². The molecule has 0 spiro atoms. The Morgan fingerprint density at radius 1 is 0.500 bits per heavy atom. The number of hydrogen-bond acceptors (Lipinski definition) is 0. The van der Waals surface area contributed by atoms with Gasteiger partial charge in [0.1, 0.15) is 0 Å². The maximum Gasteiger partial charge on any atom is 4.00 e. The fraction of sp³-hybridized carbons (Fsp3) is 0.0588. The van der Waals surface area contributed by atoms with Crippen molar-refractivity contribution in [2.45, 2.75) is 13.1 Å². The third-order valence-electron chi connectivity index (χ3n) is 6.37. The molecule has 0 nitrogen and oxygen atoms in total. The van der Waals surface area contributed by atoms with Gasteiger partial charge in [-0.2, -0.15) is 72.1 Å². The predicted octanol–water partition coefficient (Wildman–Crippen LogP) is 7.99. The van der Waals surface area contributed by atoms with E-state index in [4.69, 9.17) is 0 Å². The van der Waals surface area contributed by atoms with Crippen molar-refractivity contribution in [1.29, 1.82) is 0 Å². The van der Waals surface area contributed by atoms with Crippen LogP contribution in [0, 0.1) is 13.8 Å². The smallest absolute Gasteiger partial charge is 0.199 e. The van der Waals surface area contributed by atoms with E-state index in [0.717, 1.165) is 11.1 Å². The summed E-state index contributed by atoms with van der Waals surface area (Å²) in [6.07, 6.45) is 0. The fourth-order valence-electron chi connectivity index (χ4n) is 4.15. The monoisotopic (exact) mass is 516 g/mol. The van der Waals surface area contributed by atoms with Crippen molar-refractivity contribution in [3.63, 3.8) is 0 Å². The van der Waals surface area contributed by atoms with Gasteiger partial charge in [0.2, 0.25) is 0 Å². The molecular formula is C34H32SiTi. The predicted molar refractivity (Wildman–Crippen MR) is 158 cm³/mol. The molecular weight excluding hydrogens is 484 g/mol. The van der Waals surface area contributed by atoms with Gasteiger partial charge in [0.15, 0.2) is 0 Å². The van der Waals surface area contributed by atoms with Crippen molar-refractivity contribution in [3.05, 3.63) is 158 Å². The van der Waals surface area contributed by atoms with E-state index in [2.05, 4.69) is 99.7 Å². The Morgan fingerprint density at radius 2 is 0.833 bits per heavy atom. The van der Waals surface area contributed by atoms with Crippen LogP contribution in [0.4, 0.5) is 0 Å². The minimum Gasteiger partial charge on any atom is -0.199 e. The van der Waals surface area contributed by atoms with Crippen LogP contribution < -0.4 is 10.4 Å². The number of hydrogen-bond donors (Lipinski definition) is 0. The second kappa shape index (κ2) is 12.6. The zero-order valence-electron chi connectivity index (χ0n) is 21.1. The van der Waals surface area contributed by atoms with Gasteiger partial charge in [-0.3, -0.25) is 0 Å². The first-order chi connectivity index (χ1) is 16.9. The van der Waals surface area contributed by atoms with Gasteiger partial charge in [-0.15, -0.1) is 93.9 Å². The second-order valence-corrected chi connectivity index (χ2v) is 13.7. The molecule has 0 fully saturated rings. The fourth-order valence-corrected chi connectivity index (χ4v) is 6.54. The van der Waals surface area contributed by atoms with Crippen LogP contribution in [-0.4, -0.2) is 8.07 Å². The van der Waals surface area contributed by atoms with Crippen molar-refractivity contribution in [1.82, 2.24) is 0 Å². The molecule has 0 aliphatic heterocycles. The third-order valence-corrected chi connectivity index (χ3v) is 9.83. The quantitative estimate of drug-likeness (QED) is 0.162. The summed E-state index contributed by atoms with van der Waals surface area (Å²) in [6, 6.07) is 46.6. The molecule has 0 bridgehead atoms. The summed E-state index contributed by atoms with van der Waals surface area (Å²) in [7, 11) is -1.62. The summed E-state index contributed by atoms with van der Waals surface area (Å²) in [5.41, 5.74) is 2.14. The van der Waals surface area contributed by atoms with Gasteiger partial charge < -0.3 is 0 Å². The average Bonchev–Trinajstić information content (AvgIpc) is 3.51. The Morgan fingerprint density at radius 3 is 1.14 bits per heavy atom. The molecule has 0 aliphatic carbocycles. The molecule has 0 N–H and O–H groups in total. The van der Waals surface area contributed by atoms with E-state index in [-0.39, 0.29) is 21.7 Å². The van der Waals surface area contributed by atoms with Gasteiger partial charge >= 0.3 is 21.7 Å². The molecule has 2 heteroatoms. The molecule has 0 aromatic heterocycles. The van der Waals surface area contributed by atoms with E-state index in [1.54, 1.807) is 0 Å². The topological polar surface area (TPSA) is 0 Å². The standard InChI is InChI=1S/C20H18Si.2C7H7.Ti/c1-21(2,19-11-15-7-3-4-8-16(15)12-19)20-13-17-9-5-6-10-18(17)14-20;2*1-7-5-3-2-4-6-7;/h3-14H,1-2H3;2*2-6H,1H2;/q-2;2*-1;+4. The summed E-state index contributed by atoms with van der Waals surface area (Å²) >= 11 is 0. The minimum absolute atomic E-state index is 0. The van der Waals surface area contributed by atoms with E-state index < -0.39 is 8.07 Å². The summed E-state index contributed by atoms with van der Waals surface area (Å²) in [6.45, 7) is 12.3. The minimum atomic E-state index is -1.62. The van der Waals surface area contributed by atoms with Crippen molar-refractivity contribution >= 4 is 40.0 Å². The zero-order valence-corrected chi connectivity index (χ0v) is 23.7. The third kappa shape index (κ3) is 6.92. The van der Waals surface area contributed by atoms with E-state index in [0.29, 0.717) is 0 Å². The van der Waals surface area contributed by atoms with E-state index in [1.807, 2.05) is 60.7 Å². The number of rotatable bonds is 2. The Kier molecular flexibility index (Phi) is 9.61. The first kappa shape index (κ1) is 27.4. The number of fused-ring (bicyclic) bond motifs is 2. The number of benzene rings is 4. The molecule has 36 heavy (non-hydrogen) atoms. The van der Waals surface area contributed by atoms with Gasteiger partial charge in [0.05, 0.1) is 8.07 Å². The molecule has 0 saturated carbocycles. The van der Waals surface area contributed by atoms with Crippen molar-refractivity contribution < 1.29 is 21.7 Å². The Labute approximate surface area is 232 Å². The summed E-state index contributed by atoms with van der Waals surface area (Å²) in [5.74, 6) is 0. The first-order valence-corrected chi connectivity index (χ1v) is 15.0. The summed E-state index contributed by atoms with van der Waals surface area (Å²) in [5, 5.41) is 8.51. The molecule has 0 heterocycles. The van der Waals surface area contributed by atoms with E-state index in [9.17, 15) is 0 Å². The van der Waals surface area contributed by atoms with Gasteiger partial charge in [-0.05, 0) is 0 Å². The van der Waals surface area contributed by atoms with Gasteiger partial charge in [-0.25, -0.2) is 0 Å². The maximum absolute atomic E-state index is 3.72. The SMILES string of the molecule is C[Si](C)(c1cc2ccccc2[cH-]1)c1cc2ccccc2[cH-]1.[CH2-]c1ccccc1.[CH2-]c1ccccc1.[Ti+4]. The van der Waals surface area contributed by atoms with E-state index in [1.165, 1.54) is 31.9 Å². The largest absolute Gasteiger partial charge is 4.00 e. The van der Waals surface area contributed by atoms with Crippen LogP contribution in [0.25, 0.3) is 21.5 Å². The van der Waals surface area contributed by atoms with Gasteiger partial charge in [0, 0.05) is 0 Å². The van der Waals surface area contributed by atoms with Crippen LogP contribution in [0.5, 0.6) is 0 Å². The molecule has 6 rings (SSSR count). The molecule has 0 unspecified atom stereocenters. The van der Waals surface area contributed by atoms with Gasteiger partial charge in [0.25, 0.3) is 0 Å². The molecule has 0 radical (unpaired) electrons. The zero-order chi connectivity index (χ0) is 24.7. The molecule has 6 aromatic rings. The maximum atomic E-state index is 3.72. The average molecular weight is 517 g/mol. The van der Waals surface area contributed by atoms with Crippen LogP contribution in [0.15, 0.2) is 133 Å². The van der Waals surface area contributed by atoms with Crippen LogP contribution in [0.1, 0.15) is 11.1 Å². The Hall–Kier alpha value is -3.23. The Bertz CT molecular complexity index is 1290. The van der Waals surface area contributed by atoms with Crippen LogP contribution in [0.3, 0.4) is 0 Å². The van der Waals surface area contributed by atoms with Crippen molar-refractivity contribution in [3.8, 4) is 0 Å². The molecule has 6 aromatic carbocycles. The van der Waals surface area contributed by atoms with E-state index >= 15 is 0 Å². The molecule has 0 saturated heterocycles. The molecule has 0 atom stereocenters. The van der Waals surface area contributed by atoms with Crippen LogP contribution in [0.2, 0.25) is 13.1 Å². The van der Waals surface area contributed by atoms with Crippen molar-refractivity contribution in [2.75, 3.05) is 0 Å². The molecule has 176 valence electrons. The molecule has 0 amide bonds. The second-order valence-electron chi connectivity index (χ2n) is 9.34. The Balaban J connectivity index is 0.000000198. The first-order valence-electron chi connectivity index (χ1n) is 12.0. The van der Waals surface area contributed by atoms with Crippen LogP contribution in [-0.2, 0) is 21.7 Å². The summed E-state index contributed by atoms with van der Waals surface area (Å²) in [4.78, 5) is 0. The molecule has 0 aliphatic rings. The van der Waals surface area contributed by atoms with Crippen LogP contribution >= 0.6 is 0 Å². The van der Waals surface area contributed by atoms with Gasteiger partial charge in [-0.1, -0.05) is 37.4 Å². The normalized spacial score (nSPS) is 10.5.